The summed E-state index contributed by atoms with van der Waals surface area (Å²) in [6, 6.07) is 18.6. The second-order valence-corrected chi connectivity index (χ2v) is 9.09. The average Bonchev–Trinajstić information content (AvgIpc) is 3.17. The summed E-state index contributed by atoms with van der Waals surface area (Å²) in [5, 5.41) is 5.80. The molecule has 0 aromatic heterocycles. The van der Waals surface area contributed by atoms with Crippen molar-refractivity contribution in [1.82, 2.24) is 0 Å². The van der Waals surface area contributed by atoms with Crippen LogP contribution >= 0.6 is 0 Å². The van der Waals surface area contributed by atoms with Gasteiger partial charge in [0.15, 0.2) is 0 Å². The summed E-state index contributed by atoms with van der Waals surface area (Å²) in [5.41, 5.74) is 6.80. The third kappa shape index (κ3) is 5.17. The topological polar surface area (TPSA) is 78.5 Å². The quantitative estimate of drug-likeness (QED) is 0.558. The van der Waals surface area contributed by atoms with E-state index in [1.54, 1.807) is 29.2 Å². The van der Waals surface area contributed by atoms with Crippen molar-refractivity contribution in [3.8, 4) is 0 Å². The van der Waals surface area contributed by atoms with Crippen molar-refractivity contribution in [3.63, 3.8) is 0 Å². The zero-order valence-electron chi connectivity index (χ0n) is 19.9. The van der Waals surface area contributed by atoms with Crippen LogP contribution in [-0.4, -0.2) is 24.3 Å². The maximum absolute atomic E-state index is 12.9. The standard InChI is InChI=1S/C28H29N3O3/c1-17-8-9-25(20(4)11-17)30-27(33)21-6-5-7-23(14-21)29-28(34)22-15-26(32)31(16-22)24-12-18(2)10-19(3)13-24/h5-14,22H,15-16H2,1-4H3,(H,29,34)(H,30,33)/t22-/m0/s1. The van der Waals surface area contributed by atoms with Gasteiger partial charge in [0.1, 0.15) is 0 Å². The molecule has 174 valence electrons. The number of benzene rings is 3. The number of nitrogens with zero attached hydrogens (tertiary/aromatic N) is 1. The second kappa shape index (κ2) is 9.51. The van der Waals surface area contributed by atoms with E-state index in [-0.39, 0.29) is 24.1 Å². The SMILES string of the molecule is Cc1cc(C)cc(N2C[C@@H](C(=O)Nc3cccc(C(=O)Nc4ccc(C)cc4C)c3)CC2=O)c1. The smallest absolute Gasteiger partial charge is 0.255 e. The van der Waals surface area contributed by atoms with Gasteiger partial charge in [0.05, 0.1) is 5.92 Å². The Hall–Kier alpha value is -3.93. The Morgan fingerprint density at radius 3 is 2.29 bits per heavy atom. The van der Waals surface area contributed by atoms with Crippen LogP contribution in [0.2, 0.25) is 0 Å². The fourth-order valence-corrected chi connectivity index (χ4v) is 4.37. The van der Waals surface area contributed by atoms with Gasteiger partial charge in [-0.3, -0.25) is 14.4 Å². The summed E-state index contributed by atoms with van der Waals surface area (Å²) in [6.45, 7) is 8.27. The summed E-state index contributed by atoms with van der Waals surface area (Å²) >= 11 is 0. The third-order valence-electron chi connectivity index (χ3n) is 6.04. The van der Waals surface area contributed by atoms with Gasteiger partial charge in [0.25, 0.3) is 5.91 Å². The number of rotatable bonds is 5. The van der Waals surface area contributed by atoms with Gasteiger partial charge in [-0.15, -0.1) is 0 Å². The van der Waals surface area contributed by atoms with Crippen LogP contribution in [0, 0.1) is 33.6 Å². The van der Waals surface area contributed by atoms with Crippen molar-refractivity contribution in [3.05, 3.63) is 88.5 Å². The number of anilines is 3. The van der Waals surface area contributed by atoms with E-state index in [0.29, 0.717) is 17.8 Å². The van der Waals surface area contributed by atoms with Crippen molar-refractivity contribution in [2.45, 2.75) is 34.1 Å². The van der Waals surface area contributed by atoms with Gasteiger partial charge in [-0.2, -0.15) is 0 Å². The molecule has 0 aliphatic carbocycles. The first-order valence-corrected chi connectivity index (χ1v) is 11.4. The van der Waals surface area contributed by atoms with E-state index in [1.807, 2.05) is 58.0 Å². The van der Waals surface area contributed by atoms with Gasteiger partial charge in [-0.05, 0) is 80.8 Å². The van der Waals surface area contributed by atoms with Crippen LogP contribution in [0.1, 0.15) is 39.0 Å². The van der Waals surface area contributed by atoms with Gasteiger partial charge in [0, 0.05) is 35.6 Å². The first-order chi connectivity index (χ1) is 16.2. The van der Waals surface area contributed by atoms with Crippen molar-refractivity contribution in [2.24, 2.45) is 5.92 Å². The predicted molar refractivity (Wildman–Crippen MR) is 135 cm³/mol. The van der Waals surface area contributed by atoms with Gasteiger partial charge in [0.2, 0.25) is 11.8 Å². The summed E-state index contributed by atoms with van der Waals surface area (Å²) in [4.78, 5) is 40.0. The van der Waals surface area contributed by atoms with Crippen molar-refractivity contribution < 1.29 is 14.4 Å². The van der Waals surface area contributed by atoms with E-state index in [4.69, 9.17) is 0 Å². The van der Waals surface area contributed by atoms with Crippen LogP contribution in [0.15, 0.2) is 60.7 Å². The lowest BCUT2D eigenvalue weighted by Crippen LogP contribution is -2.28. The summed E-state index contributed by atoms with van der Waals surface area (Å²) in [6.07, 6.45) is 0.158. The Kier molecular flexibility index (Phi) is 6.50. The Labute approximate surface area is 200 Å². The zero-order valence-corrected chi connectivity index (χ0v) is 19.9. The molecule has 0 unspecified atom stereocenters. The van der Waals surface area contributed by atoms with E-state index >= 15 is 0 Å². The number of carbonyl (C=O) groups is 3. The monoisotopic (exact) mass is 455 g/mol. The lowest BCUT2D eigenvalue weighted by molar-refractivity contribution is -0.122. The van der Waals surface area contributed by atoms with Crippen LogP contribution < -0.4 is 15.5 Å². The molecule has 3 amide bonds. The summed E-state index contributed by atoms with van der Waals surface area (Å²) in [5.74, 6) is -1.000. The second-order valence-electron chi connectivity index (χ2n) is 9.09. The molecule has 0 radical (unpaired) electrons. The number of amides is 3. The molecule has 34 heavy (non-hydrogen) atoms. The molecular formula is C28H29N3O3. The van der Waals surface area contributed by atoms with Crippen LogP contribution in [0.3, 0.4) is 0 Å². The molecule has 1 saturated heterocycles. The molecule has 1 aliphatic heterocycles. The van der Waals surface area contributed by atoms with Crippen LogP contribution in [0.5, 0.6) is 0 Å². The summed E-state index contributed by atoms with van der Waals surface area (Å²) < 4.78 is 0. The molecule has 1 atom stereocenters. The molecule has 3 aromatic carbocycles. The number of hydrogen-bond donors (Lipinski definition) is 2. The van der Waals surface area contributed by atoms with Crippen molar-refractivity contribution in [2.75, 3.05) is 22.1 Å². The fourth-order valence-electron chi connectivity index (χ4n) is 4.37. The minimum Gasteiger partial charge on any atom is -0.326 e. The van der Waals surface area contributed by atoms with Crippen LogP contribution in [-0.2, 0) is 9.59 Å². The maximum Gasteiger partial charge on any atom is 0.255 e. The molecule has 4 rings (SSSR count). The Morgan fingerprint density at radius 1 is 0.853 bits per heavy atom. The minimum atomic E-state index is -0.457. The van der Waals surface area contributed by atoms with E-state index in [9.17, 15) is 14.4 Å². The average molecular weight is 456 g/mol. The molecule has 1 heterocycles. The van der Waals surface area contributed by atoms with Gasteiger partial charge in [-0.1, -0.05) is 29.8 Å². The Balaban J connectivity index is 1.43. The van der Waals surface area contributed by atoms with Crippen molar-refractivity contribution in [1.29, 1.82) is 0 Å². The molecule has 1 aliphatic rings. The van der Waals surface area contributed by atoms with E-state index < -0.39 is 5.92 Å². The van der Waals surface area contributed by atoms with E-state index in [0.717, 1.165) is 33.6 Å². The molecule has 1 fully saturated rings. The lowest BCUT2D eigenvalue weighted by atomic mass is 10.1. The van der Waals surface area contributed by atoms with Gasteiger partial charge < -0.3 is 15.5 Å². The number of nitrogens with one attached hydrogen (secondary N) is 2. The molecule has 0 saturated carbocycles. The van der Waals surface area contributed by atoms with Gasteiger partial charge >= 0.3 is 0 Å². The molecule has 3 aromatic rings. The molecular weight excluding hydrogens is 426 g/mol. The number of carbonyl (C=O) groups excluding carboxylic acids is 3. The minimum absolute atomic E-state index is 0.0632. The highest BCUT2D eigenvalue weighted by molar-refractivity contribution is 6.07. The molecule has 6 heteroatoms. The van der Waals surface area contributed by atoms with Gasteiger partial charge in [-0.25, -0.2) is 0 Å². The summed E-state index contributed by atoms with van der Waals surface area (Å²) in [7, 11) is 0. The highest BCUT2D eigenvalue weighted by Crippen LogP contribution is 2.28. The predicted octanol–water partition coefficient (Wildman–Crippen LogP) is 5.16. The van der Waals surface area contributed by atoms with Crippen LogP contribution in [0.25, 0.3) is 0 Å². The zero-order chi connectivity index (χ0) is 24.4. The number of aryl methyl sites for hydroxylation is 4. The normalized spacial score (nSPS) is 15.4. The van der Waals surface area contributed by atoms with Crippen molar-refractivity contribution >= 4 is 34.8 Å². The van der Waals surface area contributed by atoms with Crippen LogP contribution in [0.4, 0.5) is 17.1 Å². The third-order valence-corrected chi connectivity index (χ3v) is 6.04. The van der Waals surface area contributed by atoms with E-state index in [1.165, 1.54) is 0 Å². The largest absolute Gasteiger partial charge is 0.326 e. The number of hydrogen-bond acceptors (Lipinski definition) is 3. The lowest BCUT2D eigenvalue weighted by Gasteiger charge is -2.18. The fraction of sp³-hybridized carbons (Fsp3) is 0.250. The first kappa shape index (κ1) is 23.2. The highest BCUT2D eigenvalue weighted by atomic mass is 16.2. The Morgan fingerprint density at radius 2 is 1.59 bits per heavy atom. The van der Waals surface area contributed by atoms with E-state index in [2.05, 4.69) is 16.7 Å². The molecule has 6 nitrogen and oxygen atoms in total. The highest BCUT2D eigenvalue weighted by Gasteiger charge is 2.35. The first-order valence-electron chi connectivity index (χ1n) is 11.4. The molecule has 2 N–H and O–H groups in total. The maximum atomic E-state index is 12.9. The molecule has 0 spiro atoms. The Bertz CT molecular complexity index is 1260. The molecule has 0 bridgehead atoms.